The Morgan fingerprint density at radius 3 is 2.54 bits per heavy atom. The van der Waals surface area contributed by atoms with E-state index in [4.69, 9.17) is 24.2 Å². The molecule has 4 amide bonds. The summed E-state index contributed by atoms with van der Waals surface area (Å²) in [6.45, 7) is 16.3. The standard InChI is InChI=1S/C51H69N9O7S/c1-10-59-41-16-15-32-19-36(41)37(45(59)35-13-11-17-52-43(35)31(4)65-9)23-50(5,6)29-67-48(63)38-14-12-18-60(55-38)47(62)39(20-42-53-40(32)26-68-42)54-46(61)44(30(2)3)57(8)49(64)58-27-51(28-58)21-33(22-51)56(7)34-24-66-25-34/h11,13,15-17,19,26,30-31,33-34,38-39,44,55H,10,12,14,18,20-25,27-29H2,1-9H3,(H,54,61)/t31-,38-,39-,44-/m0/s1. The molecule has 3 saturated heterocycles. The fourth-order valence-electron chi connectivity index (χ4n) is 11.2. The van der Waals surface area contributed by atoms with Gasteiger partial charge >= 0.3 is 12.0 Å². The predicted octanol–water partition coefficient (Wildman–Crippen LogP) is 6.07. The maximum absolute atomic E-state index is 14.7. The second kappa shape index (κ2) is 19.1. The van der Waals surface area contributed by atoms with E-state index in [0.717, 1.165) is 70.7 Å². The molecule has 17 heteroatoms. The number of aromatic nitrogens is 3. The van der Waals surface area contributed by atoms with Crippen LogP contribution in [0, 0.1) is 16.7 Å². The first-order valence-electron chi connectivity index (χ1n) is 24.4. The van der Waals surface area contributed by atoms with Crippen molar-refractivity contribution in [2.45, 2.75) is 123 Å². The number of hydrogen-bond donors (Lipinski definition) is 2. The maximum atomic E-state index is 14.7. The number of hydrogen-bond acceptors (Lipinski definition) is 12. The van der Waals surface area contributed by atoms with E-state index in [1.54, 1.807) is 20.4 Å². The number of carbonyl (C=O) groups is 4. The SMILES string of the molecule is CCn1c(-c2cccnc2[C@H](C)OC)c2c3cc(ccc31)-c1csc(n1)C[C@H](NC(=O)[C@H](C(C)C)N(C)C(=O)N1CC3(CC(N(C)C4COC4)C3)C1)C(=O)N1CCC[C@H](N1)C(=O)OCC(C)(C)C2. The second-order valence-electron chi connectivity index (χ2n) is 21.1. The summed E-state index contributed by atoms with van der Waals surface area (Å²) < 4.78 is 19.7. The van der Waals surface area contributed by atoms with Crippen molar-refractivity contribution in [3.8, 4) is 22.5 Å². The number of pyridine rings is 1. The molecule has 366 valence electrons. The molecule has 5 aliphatic rings. The van der Waals surface area contributed by atoms with E-state index in [-0.39, 0.29) is 42.4 Å². The van der Waals surface area contributed by atoms with E-state index >= 15 is 0 Å². The lowest BCUT2D eigenvalue weighted by Gasteiger charge is -2.62. The number of hydrazine groups is 1. The molecule has 4 aliphatic heterocycles. The summed E-state index contributed by atoms with van der Waals surface area (Å²) in [4.78, 5) is 73.0. The van der Waals surface area contributed by atoms with Gasteiger partial charge in [-0.3, -0.25) is 29.3 Å². The minimum Gasteiger partial charge on any atom is -0.464 e. The topological polar surface area (TPSA) is 164 Å². The molecule has 7 heterocycles. The number of amides is 4. The summed E-state index contributed by atoms with van der Waals surface area (Å²) in [6, 6.07) is 8.63. The van der Waals surface area contributed by atoms with Gasteiger partial charge in [0.2, 0.25) is 5.91 Å². The van der Waals surface area contributed by atoms with Crippen molar-refractivity contribution < 1.29 is 33.4 Å². The number of cyclic esters (lactones) is 1. The van der Waals surface area contributed by atoms with Crippen molar-refractivity contribution in [3.05, 3.63) is 58.2 Å². The van der Waals surface area contributed by atoms with Crippen LogP contribution in [0.3, 0.4) is 0 Å². The van der Waals surface area contributed by atoms with E-state index in [2.05, 4.69) is 72.3 Å². The number of ether oxygens (including phenoxy) is 3. The highest BCUT2D eigenvalue weighted by Crippen LogP contribution is 2.51. The summed E-state index contributed by atoms with van der Waals surface area (Å²) in [5.74, 6) is -1.49. The van der Waals surface area contributed by atoms with Crippen molar-refractivity contribution in [1.82, 2.24) is 45.0 Å². The highest BCUT2D eigenvalue weighted by molar-refractivity contribution is 7.10. The largest absolute Gasteiger partial charge is 0.464 e. The smallest absolute Gasteiger partial charge is 0.324 e. The third kappa shape index (κ3) is 9.16. The van der Waals surface area contributed by atoms with Crippen LogP contribution in [0.1, 0.15) is 89.6 Å². The highest BCUT2D eigenvalue weighted by atomic mass is 32.1. The van der Waals surface area contributed by atoms with Gasteiger partial charge in [-0.15, -0.1) is 11.3 Å². The molecule has 9 rings (SSSR count). The summed E-state index contributed by atoms with van der Waals surface area (Å²) >= 11 is 1.44. The fraction of sp³-hybridized carbons (Fsp3) is 0.608. The molecule has 1 spiro atoms. The summed E-state index contributed by atoms with van der Waals surface area (Å²) in [5, 5.41) is 8.28. The number of carbonyl (C=O) groups excluding carboxylic acids is 4. The normalized spacial score (nSPS) is 22.9. The van der Waals surface area contributed by atoms with Crippen LogP contribution in [-0.2, 0) is 48.0 Å². The van der Waals surface area contributed by atoms with Gasteiger partial charge in [0.25, 0.3) is 5.91 Å². The molecule has 0 unspecified atom stereocenters. The van der Waals surface area contributed by atoms with E-state index < -0.39 is 35.4 Å². The number of aryl methyl sites for hydroxylation is 1. The van der Waals surface area contributed by atoms with Gasteiger partial charge in [0.1, 0.15) is 18.1 Å². The first-order valence-corrected chi connectivity index (χ1v) is 25.3. The van der Waals surface area contributed by atoms with Crippen molar-refractivity contribution in [1.29, 1.82) is 0 Å². The first-order chi connectivity index (χ1) is 32.5. The molecule has 4 atom stereocenters. The van der Waals surface area contributed by atoms with Gasteiger partial charge in [-0.25, -0.2) is 15.2 Å². The number of rotatable bonds is 10. The predicted molar refractivity (Wildman–Crippen MR) is 261 cm³/mol. The van der Waals surface area contributed by atoms with Crippen molar-refractivity contribution in [2.24, 2.45) is 16.7 Å². The second-order valence-corrected chi connectivity index (χ2v) is 22.1. The number of benzene rings is 1. The first kappa shape index (κ1) is 48.1. The Bertz CT molecular complexity index is 2540. The van der Waals surface area contributed by atoms with Crippen LogP contribution in [0.2, 0.25) is 0 Å². The molecule has 68 heavy (non-hydrogen) atoms. The quantitative estimate of drug-likeness (QED) is 0.177. The Hall–Kier alpha value is -4.94. The van der Waals surface area contributed by atoms with Crippen LogP contribution in [-0.4, -0.2) is 149 Å². The molecule has 1 aromatic carbocycles. The number of fused-ring (bicyclic) bond motifs is 6. The van der Waals surface area contributed by atoms with Crippen LogP contribution >= 0.6 is 11.3 Å². The molecule has 16 nitrogen and oxygen atoms in total. The van der Waals surface area contributed by atoms with Gasteiger partial charge < -0.3 is 33.9 Å². The molecule has 0 radical (unpaired) electrons. The summed E-state index contributed by atoms with van der Waals surface area (Å²) in [5.41, 5.74) is 9.55. The molecule has 4 aromatic rings. The zero-order valence-electron chi connectivity index (χ0n) is 41.2. The van der Waals surface area contributed by atoms with E-state index in [9.17, 15) is 19.2 Å². The molecule has 1 saturated carbocycles. The van der Waals surface area contributed by atoms with E-state index in [0.29, 0.717) is 62.5 Å². The van der Waals surface area contributed by atoms with Crippen LogP contribution in [0.4, 0.5) is 4.79 Å². The highest BCUT2D eigenvalue weighted by Gasteiger charge is 2.56. The third-order valence-electron chi connectivity index (χ3n) is 15.2. The Morgan fingerprint density at radius 2 is 1.85 bits per heavy atom. The Labute approximate surface area is 404 Å². The molecule has 4 fully saturated rings. The van der Waals surface area contributed by atoms with Gasteiger partial charge in [0.05, 0.1) is 54.1 Å². The number of likely N-dealkylation sites (tertiary alicyclic amines) is 1. The van der Waals surface area contributed by atoms with Crippen molar-refractivity contribution in [3.63, 3.8) is 0 Å². The van der Waals surface area contributed by atoms with Gasteiger partial charge in [-0.2, -0.15) is 0 Å². The van der Waals surface area contributed by atoms with Gasteiger partial charge in [0, 0.05) is 97.2 Å². The molecule has 3 aromatic heterocycles. The number of nitrogens with one attached hydrogen (secondary N) is 2. The number of urea groups is 1. The number of likely N-dealkylation sites (N-methyl/N-ethyl adjacent to an activating group) is 2. The lowest BCUT2D eigenvalue weighted by atomic mass is 9.60. The monoisotopic (exact) mass is 952 g/mol. The minimum absolute atomic E-state index is 0.113. The lowest BCUT2D eigenvalue weighted by Crippen LogP contribution is -2.70. The van der Waals surface area contributed by atoms with Crippen molar-refractivity contribution >= 4 is 46.1 Å². The van der Waals surface area contributed by atoms with Crippen LogP contribution in [0.15, 0.2) is 41.9 Å². The average molecular weight is 952 g/mol. The zero-order valence-corrected chi connectivity index (χ0v) is 42.0. The van der Waals surface area contributed by atoms with E-state index in [1.165, 1.54) is 21.2 Å². The Kier molecular flexibility index (Phi) is 13.5. The number of methoxy groups -OCH3 is 1. The van der Waals surface area contributed by atoms with Crippen LogP contribution < -0.4 is 10.7 Å². The van der Waals surface area contributed by atoms with Gasteiger partial charge in [0.15, 0.2) is 0 Å². The summed E-state index contributed by atoms with van der Waals surface area (Å²) in [7, 11) is 5.55. The van der Waals surface area contributed by atoms with Gasteiger partial charge in [-0.1, -0.05) is 33.8 Å². The lowest BCUT2D eigenvalue weighted by molar-refractivity contribution is -0.155. The number of nitrogens with zero attached hydrogens (tertiary/aromatic N) is 7. The van der Waals surface area contributed by atoms with Crippen LogP contribution in [0.5, 0.6) is 0 Å². The molecular formula is C51H69N9O7S. The molecule has 6 bridgehead atoms. The fourth-order valence-corrected chi connectivity index (χ4v) is 12.1. The Morgan fingerprint density at radius 1 is 1.09 bits per heavy atom. The Balaban J connectivity index is 1.01. The maximum Gasteiger partial charge on any atom is 0.324 e. The number of esters is 1. The van der Waals surface area contributed by atoms with E-state index in [1.807, 2.05) is 37.1 Å². The molecule has 1 aliphatic carbocycles. The third-order valence-corrected chi connectivity index (χ3v) is 16.1. The minimum atomic E-state index is -1.04. The number of thiazole rings is 1. The van der Waals surface area contributed by atoms with Gasteiger partial charge in [-0.05, 0) is 88.7 Å². The molecular weight excluding hydrogens is 883 g/mol. The average Bonchev–Trinajstić information content (AvgIpc) is 3.87. The van der Waals surface area contributed by atoms with Crippen LogP contribution in [0.25, 0.3) is 33.4 Å². The van der Waals surface area contributed by atoms with Crippen molar-refractivity contribution in [2.75, 3.05) is 60.7 Å². The summed E-state index contributed by atoms with van der Waals surface area (Å²) in [6.07, 6.45) is 5.41. The zero-order chi connectivity index (χ0) is 48.2. The molecule has 2 N–H and O–H groups in total.